The van der Waals surface area contributed by atoms with Crippen molar-refractivity contribution in [2.24, 2.45) is 0 Å². The summed E-state index contributed by atoms with van der Waals surface area (Å²) in [5.41, 5.74) is 1.48. The third-order valence-corrected chi connectivity index (χ3v) is 3.93. The molecule has 0 aliphatic carbocycles. The number of halogens is 3. The number of nitrogens with one attached hydrogen (secondary N) is 1. The fourth-order valence-electron chi connectivity index (χ4n) is 2.10. The van der Waals surface area contributed by atoms with Crippen molar-refractivity contribution in [1.29, 1.82) is 0 Å². The smallest absolute Gasteiger partial charge is 0.133 e. The zero-order chi connectivity index (χ0) is 14.7. The Bertz CT molecular complexity index is 621. The van der Waals surface area contributed by atoms with Crippen molar-refractivity contribution in [3.63, 3.8) is 0 Å². The molecule has 0 heterocycles. The lowest BCUT2D eigenvalue weighted by atomic mass is 9.98. The molecule has 1 atom stereocenters. The van der Waals surface area contributed by atoms with Gasteiger partial charge in [0.15, 0.2) is 0 Å². The normalized spacial score (nSPS) is 12.2. The standard InChI is InChI=1S/C15H14BrClFNO/c1-19-15(11-5-4-10(17)8-13(11)18)9-3-6-14(20-2)12(16)7-9/h3-8,15,19H,1-2H3. The highest BCUT2D eigenvalue weighted by Crippen LogP contribution is 2.31. The van der Waals surface area contributed by atoms with Crippen LogP contribution in [0.1, 0.15) is 17.2 Å². The first-order valence-corrected chi connectivity index (χ1v) is 7.19. The summed E-state index contributed by atoms with van der Waals surface area (Å²) >= 11 is 9.23. The van der Waals surface area contributed by atoms with Gasteiger partial charge in [-0.25, -0.2) is 4.39 Å². The Morgan fingerprint density at radius 2 is 2.00 bits per heavy atom. The van der Waals surface area contributed by atoms with Crippen LogP contribution in [-0.2, 0) is 0 Å². The van der Waals surface area contributed by atoms with Gasteiger partial charge in [-0.2, -0.15) is 0 Å². The van der Waals surface area contributed by atoms with E-state index in [-0.39, 0.29) is 11.9 Å². The van der Waals surface area contributed by atoms with Crippen LogP contribution in [0.2, 0.25) is 5.02 Å². The maximum Gasteiger partial charge on any atom is 0.133 e. The van der Waals surface area contributed by atoms with E-state index in [1.54, 1.807) is 26.3 Å². The summed E-state index contributed by atoms with van der Waals surface area (Å²) in [6.07, 6.45) is 0. The van der Waals surface area contributed by atoms with Gasteiger partial charge in [0.25, 0.3) is 0 Å². The third-order valence-electron chi connectivity index (χ3n) is 3.07. The second-order valence-electron chi connectivity index (χ2n) is 4.28. The fraction of sp³-hybridized carbons (Fsp3) is 0.200. The van der Waals surface area contributed by atoms with E-state index in [1.807, 2.05) is 18.2 Å². The maximum atomic E-state index is 14.1. The van der Waals surface area contributed by atoms with Gasteiger partial charge in [-0.05, 0) is 52.8 Å². The van der Waals surface area contributed by atoms with Crippen LogP contribution in [-0.4, -0.2) is 14.2 Å². The zero-order valence-corrected chi connectivity index (χ0v) is 13.4. The van der Waals surface area contributed by atoms with E-state index < -0.39 is 0 Å². The number of benzene rings is 2. The van der Waals surface area contributed by atoms with Crippen LogP contribution in [0, 0.1) is 5.82 Å². The van der Waals surface area contributed by atoms with E-state index in [0.717, 1.165) is 15.8 Å². The molecule has 2 nitrogen and oxygen atoms in total. The van der Waals surface area contributed by atoms with E-state index in [2.05, 4.69) is 21.2 Å². The summed E-state index contributed by atoms with van der Waals surface area (Å²) in [6, 6.07) is 10.1. The molecular formula is C15H14BrClFNO. The Kier molecular flexibility index (Phi) is 5.02. The molecule has 0 aromatic heterocycles. The SMILES string of the molecule is CNC(c1ccc(OC)c(Br)c1)c1ccc(Cl)cc1F. The third kappa shape index (κ3) is 3.14. The molecule has 2 rings (SSSR count). The van der Waals surface area contributed by atoms with Crippen LogP contribution in [0.25, 0.3) is 0 Å². The van der Waals surface area contributed by atoms with Crippen molar-refractivity contribution >= 4 is 27.5 Å². The summed E-state index contributed by atoms with van der Waals surface area (Å²) in [5, 5.41) is 3.50. The number of ether oxygens (including phenoxy) is 1. The van der Waals surface area contributed by atoms with Crippen molar-refractivity contribution in [1.82, 2.24) is 5.32 Å². The Balaban J connectivity index is 2.44. The van der Waals surface area contributed by atoms with Crippen molar-refractivity contribution in [2.75, 3.05) is 14.2 Å². The Labute approximate surface area is 131 Å². The van der Waals surface area contributed by atoms with Gasteiger partial charge >= 0.3 is 0 Å². The Hall–Kier alpha value is -1.10. The van der Waals surface area contributed by atoms with Crippen LogP contribution in [0.15, 0.2) is 40.9 Å². The van der Waals surface area contributed by atoms with Crippen LogP contribution >= 0.6 is 27.5 Å². The van der Waals surface area contributed by atoms with Crippen molar-refractivity contribution in [3.8, 4) is 5.75 Å². The lowest BCUT2D eigenvalue weighted by Crippen LogP contribution is -2.19. The Morgan fingerprint density at radius 3 is 2.55 bits per heavy atom. The summed E-state index contributed by atoms with van der Waals surface area (Å²) in [4.78, 5) is 0. The topological polar surface area (TPSA) is 21.3 Å². The minimum Gasteiger partial charge on any atom is -0.496 e. The molecule has 2 aromatic carbocycles. The molecule has 0 radical (unpaired) electrons. The molecule has 106 valence electrons. The highest BCUT2D eigenvalue weighted by atomic mass is 79.9. The number of methoxy groups -OCH3 is 1. The van der Waals surface area contributed by atoms with Gasteiger partial charge in [-0.15, -0.1) is 0 Å². The number of hydrogen-bond acceptors (Lipinski definition) is 2. The average Bonchev–Trinajstić information content (AvgIpc) is 2.42. The molecule has 0 saturated heterocycles. The quantitative estimate of drug-likeness (QED) is 0.865. The second kappa shape index (κ2) is 6.57. The lowest BCUT2D eigenvalue weighted by molar-refractivity contribution is 0.412. The molecule has 0 spiro atoms. The molecule has 0 fully saturated rings. The average molecular weight is 359 g/mol. The molecule has 2 aromatic rings. The maximum absolute atomic E-state index is 14.1. The van der Waals surface area contributed by atoms with Gasteiger partial charge in [-0.3, -0.25) is 0 Å². The van der Waals surface area contributed by atoms with Crippen LogP contribution in [0.5, 0.6) is 5.75 Å². The van der Waals surface area contributed by atoms with Gasteiger partial charge in [0.05, 0.1) is 17.6 Å². The van der Waals surface area contributed by atoms with Crippen molar-refractivity contribution in [2.45, 2.75) is 6.04 Å². The van der Waals surface area contributed by atoms with Crippen LogP contribution in [0.4, 0.5) is 4.39 Å². The first-order valence-electron chi connectivity index (χ1n) is 6.02. The van der Waals surface area contributed by atoms with Crippen LogP contribution < -0.4 is 10.1 Å². The predicted octanol–water partition coefficient (Wildman–Crippen LogP) is 4.56. The number of hydrogen-bond donors (Lipinski definition) is 1. The first-order chi connectivity index (χ1) is 9.56. The molecule has 20 heavy (non-hydrogen) atoms. The van der Waals surface area contributed by atoms with E-state index in [4.69, 9.17) is 16.3 Å². The minimum absolute atomic E-state index is 0.255. The second-order valence-corrected chi connectivity index (χ2v) is 5.57. The number of rotatable bonds is 4. The van der Waals surface area contributed by atoms with Gasteiger partial charge in [0, 0.05) is 10.6 Å². The lowest BCUT2D eigenvalue weighted by Gasteiger charge is -2.19. The highest BCUT2D eigenvalue weighted by molar-refractivity contribution is 9.10. The molecule has 1 unspecified atom stereocenters. The summed E-state index contributed by atoms with van der Waals surface area (Å²) in [6.45, 7) is 0. The highest BCUT2D eigenvalue weighted by Gasteiger charge is 2.17. The van der Waals surface area contributed by atoms with Crippen molar-refractivity contribution < 1.29 is 9.13 Å². The van der Waals surface area contributed by atoms with E-state index in [9.17, 15) is 4.39 Å². The zero-order valence-electron chi connectivity index (χ0n) is 11.1. The minimum atomic E-state index is -0.330. The van der Waals surface area contributed by atoms with Gasteiger partial charge in [0.1, 0.15) is 11.6 Å². The summed E-state index contributed by atoms with van der Waals surface area (Å²) in [5.74, 6) is 0.406. The molecule has 1 N–H and O–H groups in total. The summed E-state index contributed by atoms with van der Waals surface area (Å²) in [7, 11) is 3.39. The van der Waals surface area contributed by atoms with E-state index in [1.165, 1.54) is 6.07 Å². The molecule has 0 bridgehead atoms. The molecule has 0 amide bonds. The van der Waals surface area contributed by atoms with Gasteiger partial charge < -0.3 is 10.1 Å². The first kappa shape index (κ1) is 15.3. The van der Waals surface area contributed by atoms with Gasteiger partial charge in [0.2, 0.25) is 0 Å². The molecule has 0 aliphatic heterocycles. The molecule has 0 saturated carbocycles. The van der Waals surface area contributed by atoms with E-state index in [0.29, 0.717) is 10.6 Å². The Morgan fingerprint density at radius 1 is 1.25 bits per heavy atom. The predicted molar refractivity (Wildman–Crippen MR) is 83.0 cm³/mol. The molecule has 5 heteroatoms. The van der Waals surface area contributed by atoms with E-state index >= 15 is 0 Å². The molecular weight excluding hydrogens is 345 g/mol. The monoisotopic (exact) mass is 357 g/mol. The van der Waals surface area contributed by atoms with Crippen LogP contribution in [0.3, 0.4) is 0 Å². The van der Waals surface area contributed by atoms with Gasteiger partial charge in [-0.1, -0.05) is 23.7 Å². The summed E-state index contributed by atoms with van der Waals surface area (Å²) < 4.78 is 20.1. The largest absolute Gasteiger partial charge is 0.496 e. The fourth-order valence-corrected chi connectivity index (χ4v) is 2.82. The van der Waals surface area contributed by atoms with Crippen molar-refractivity contribution in [3.05, 3.63) is 62.8 Å². The molecule has 0 aliphatic rings.